The molecule has 1 aliphatic heterocycles. The van der Waals surface area contributed by atoms with Gasteiger partial charge in [0.05, 0.1) is 6.61 Å². The summed E-state index contributed by atoms with van der Waals surface area (Å²) in [6, 6.07) is 9.16. The fraction of sp³-hybridized carbons (Fsp3) is 0.625. The quantitative estimate of drug-likeness (QED) is 0.793. The van der Waals surface area contributed by atoms with Crippen LogP contribution in [-0.2, 0) is 0 Å². The Balaban J connectivity index is 1.78. The van der Waals surface area contributed by atoms with Gasteiger partial charge in [0.1, 0.15) is 5.75 Å². The lowest BCUT2D eigenvalue weighted by Crippen LogP contribution is -2.24. The molecule has 0 bridgehead atoms. The van der Waals surface area contributed by atoms with Gasteiger partial charge in [-0.05, 0) is 32.4 Å². The molecule has 1 aromatic rings. The molecule has 0 saturated heterocycles. The number of fused-ring (bicyclic) bond motifs is 1. The predicted molar refractivity (Wildman–Crippen MR) is 76.3 cm³/mol. The molecule has 0 saturated carbocycles. The largest absolute Gasteiger partial charge is 0.493 e. The maximum absolute atomic E-state index is 5.73. The zero-order valence-electron chi connectivity index (χ0n) is 11.6. The van der Waals surface area contributed by atoms with Gasteiger partial charge >= 0.3 is 0 Å². The van der Waals surface area contributed by atoms with Crippen LogP contribution in [0.25, 0.3) is 0 Å². The number of nitrogens with one attached hydrogen (secondary N) is 1. The van der Waals surface area contributed by atoms with E-state index in [9.17, 15) is 0 Å². The van der Waals surface area contributed by atoms with Crippen LogP contribution in [-0.4, -0.2) is 19.7 Å². The molecule has 0 spiro atoms. The summed E-state index contributed by atoms with van der Waals surface area (Å²) in [5.74, 6) is 1.71. The van der Waals surface area contributed by atoms with Crippen molar-refractivity contribution in [1.29, 1.82) is 0 Å². The summed E-state index contributed by atoms with van der Waals surface area (Å²) < 4.78 is 5.73. The van der Waals surface area contributed by atoms with Gasteiger partial charge in [-0.25, -0.2) is 0 Å². The van der Waals surface area contributed by atoms with Crippen molar-refractivity contribution in [3.05, 3.63) is 29.8 Å². The van der Waals surface area contributed by atoms with Crippen LogP contribution in [0.1, 0.15) is 50.5 Å². The fourth-order valence-corrected chi connectivity index (χ4v) is 2.86. The van der Waals surface area contributed by atoms with Crippen LogP contribution in [0.3, 0.4) is 0 Å². The van der Waals surface area contributed by atoms with Crippen molar-refractivity contribution in [3.8, 4) is 5.75 Å². The van der Waals surface area contributed by atoms with Gasteiger partial charge < -0.3 is 10.1 Å². The van der Waals surface area contributed by atoms with E-state index in [4.69, 9.17) is 4.74 Å². The summed E-state index contributed by atoms with van der Waals surface area (Å²) >= 11 is 0. The molecule has 2 nitrogen and oxygen atoms in total. The van der Waals surface area contributed by atoms with Crippen molar-refractivity contribution in [1.82, 2.24) is 5.32 Å². The van der Waals surface area contributed by atoms with Gasteiger partial charge in [-0.15, -0.1) is 0 Å². The Morgan fingerprint density at radius 2 is 2.17 bits per heavy atom. The van der Waals surface area contributed by atoms with Crippen LogP contribution >= 0.6 is 0 Å². The Morgan fingerprint density at radius 1 is 1.33 bits per heavy atom. The van der Waals surface area contributed by atoms with Crippen molar-refractivity contribution < 1.29 is 4.74 Å². The van der Waals surface area contributed by atoms with E-state index in [-0.39, 0.29) is 0 Å². The lowest BCUT2D eigenvalue weighted by atomic mass is 9.94. The van der Waals surface area contributed by atoms with Gasteiger partial charge in [0.25, 0.3) is 0 Å². The second-order valence-corrected chi connectivity index (χ2v) is 5.25. The van der Waals surface area contributed by atoms with E-state index in [1.165, 1.54) is 37.7 Å². The highest BCUT2D eigenvalue weighted by Crippen LogP contribution is 2.36. The van der Waals surface area contributed by atoms with Crippen LogP contribution in [0.5, 0.6) is 5.75 Å². The Kier molecular flexibility index (Phi) is 5.06. The highest BCUT2D eigenvalue weighted by Gasteiger charge is 2.23. The molecule has 0 aliphatic carbocycles. The second kappa shape index (κ2) is 6.79. The highest BCUT2D eigenvalue weighted by atomic mass is 16.5. The molecule has 2 atom stereocenters. The summed E-state index contributed by atoms with van der Waals surface area (Å²) in [7, 11) is 2.08. The fourth-order valence-electron chi connectivity index (χ4n) is 2.86. The van der Waals surface area contributed by atoms with Gasteiger partial charge in [-0.1, -0.05) is 38.0 Å². The van der Waals surface area contributed by atoms with E-state index in [1.54, 1.807) is 0 Å². The number of hydrogen-bond acceptors (Lipinski definition) is 2. The molecule has 0 aromatic heterocycles. The first-order valence-electron chi connectivity index (χ1n) is 7.24. The van der Waals surface area contributed by atoms with Crippen molar-refractivity contribution in [2.45, 2.75) is 51.0 Å². The van der Waals surface area contributed by atoms with Crippen LogP contribution < -0.4 is 10.1 Å². The van der Waals surface area contributed by atoms with E-state index in [1.807, 2.05) is 0 Å². The monoisotopic (exact) mass is 247 g/mol. The first kappa shape index (κ1) is 13.4. The molecule has 0 fully saturated rings. The minimum Gasteiger partial charge on any atom is -0.493 e. The third-order valence-electron chi connectivity index (χ3n) is 3.95. The molecular weight excluding hydrogens is 222 g/mol. The molecule has 1 aromatic carbocycles. The zero-order valence-corrected chi connectivity index (χ0v) is 11.6. The van der Waals surface area contributed by atoms with Gasteiger partial charge in [0, 0.05) is 17.5 Å². The molecule has 2 unspecified atom stereocenters. The molecule has 2 heteroatoms. The number of ether oxygens (including phenoxy) is 1. The molecule has 0 radical (unpaired) electrons. The number of para-hydroxylation sites is 1. The number of rotatable bonds is 7. The molecule has 0 amide bonds. The van der Waals surface area contributed by atoms with E-state index in [2.05, 4.69) is 43.6 Å². The van der Waals surface area contributed by atoms with Crippen LogP contribution in [0.4, 0.5) is 0 Å². The van der Waals surface area contributed by atoms with Crippen LogP contribution in [0, 0.1) is 0 Å². The Hall–Kier alpha value is -1.02. The van der Waals surface area contributed by atoms with Gasteiger partial charge in [0.2, 0.25) is 0 Å². The van der Waals surface area contributed by atoms with E-state index in [0.717, 1.165) is 12.4 Å². The van der Waals surface area contributed by atoms with Crippen molar-refractivity contribution in [3.63, 3.8) is 0 Å². The topological polar surface area (TPSA) is 21.3 Å². The summed E-state index contributed by atoms with van der Waals surface area (Å²) in [4.78, 5) is 0. The lowest BCUT2D eigenvalue weighted by molar-refractivity contribution is 0.319. The third kappa shape index (κ3) is 3.26. The maximum Gasteiger partial charge on any atom is 0.122 e. The van der Waals surface area contributed by atoms with E-state index >= 15 is 0 Å². The first-order chi connectivity index (χ1) is 8.85. The minimum atomic E-state index is 0.611. The number of benzene rings is 1. The standard InChI is InChI=1S/C16H25NO/c1-3-7-14(17-2)9-6-8-13-12-18-16-11-5-4-10-15(13)16/h4-5,10-11,13-14,17H,3,6-9,12H2,1-2H3. The summed E-state index contributed by atoms with van der Waals surface area (Å²) in [5.41, 5.74) is 1.41. The molecule has 18 heavy (non-hydrogen) atoms. The molecule has 100 valence electrons. The summed E-state index contributed by atoms with van der Waals surface area (Å²) in [6.45, 7) is 3.13. The minimum absolute atomic E-state index is 0.611. The molecule has 2 rings (SSSR count). The van der Waals surface area contributed by atoms with E-state index < -0.39 is 0 Å². The smallest absolute Gasteiger partial charge is 0.122 e. The Labute approximate surface area is 111 Å². The van der Waals surface area contributed by atoms with Crippen LogP contribution in [0.2, 0.25) is 0 Å². The van der Waals surface area contributed by atoms with Crippen molar-refractivity contribution in [2.24, 2.45) is 0 Å². The van der Waals surface area contributed by atoms with Gasteiger partial charge in [-0.3, -0.25) is 0 Å². The molecule has 1 aliphatic rings. The predicted octanol–water partition coefficient (Wildman–Crippen LogP) is 3.72. The molecular formula is C16H25NO. The SMILES string of the molecule is CCCC(CCCC1COc2ccccc21)NC. The summed E-state index contributed by atoms with van der Waals surface area (Å²) in [6.07, 6.45) is 6.37. The third-order valence-corrected chi connectivity index (χ3v) is 3.95. The van der Waals surface area contributed by atoms with Gasteiger partial charge in [-0.2, -0.15) is 0 Å². The lowest BCUT2D eigenvalue weighted by Gasteiger charge is -2.16. The van der Waals surface area contributed by atoms with Crippen molar-refractivity contribution >= 4 is 0 Å². The molecule has 1 N–H and O–H groups in total. The Bertz CT molecular complexity index is 364. The van der Waals surface area contributed by atoms with E-state index in [0.29, 0.717) is 12.0 Å². The van der Waals surface area contributed by atoms with Gasteiger partial charge in [0.15, 0.2) is 0 Å². The average Bonchev–Trinajstić information content (AvgIpc) is 2.81. The number of hydrogen-bond donors (Lipinski definition) is 1. The highest BCUT2D eigenvalue weighted by molar-refractivity contribution is 5.39. The van der Waals surface area contributed by atoms with Crippen molar-refractivity contribution in [2.75, 3.05) is 13.7 Å². The Morgan fingerprint density at radius 3 is 2.94 bits per heavy atom. The zero-order chi connectivity index (χ0) is 12.8. The summed E-state index contributed by atoms with van der Waals surface area (Å²) in [5, 5.41) is 3.42. The second-order valence-electron chi connectivity index (χ2n) is 5.25. The first-order valence-corrected chi connectivity index (χ1v) is 7.24. The normalized spacial score (nSPS) is 19.3. The van der Waals surface area contributed by atoms with Crippen LogP contribution in [0.15, 0.2) is 24.3 Å². The molecule has 1 heterocycles. The average molecular weight is 247 g/mol. The maximum atomic E-state index is 5.73.